The fraction of sp³-hybridized carbons (Fsp3) is 0.333. The lowest BCUT2D eigenvalue weighted by atomic mass is 10.0. The smallest absolute Gasteiger partial charge is 0.139 e. The molecule has 0 atom stereocenters. The highest BCUT2D eigenvalue weighted by Crippen LogP contribution is 2.20. The van der Waals surface area contributed by atoms with Gasteiger partial charge in [-0.25, -0.2) is 0 Å². The van der Waals surface area contributed by atoms with E-state index in [2.05, 4.69) is 5.10 Å². The van der Waals surface area contributed by atoms with Crippen LogP contribution in [0.2, 0.25) is 5.02 Å². The van der Waals surface area contributed by atoms with Gasteiger partial charge >= 0.3 is 0 Å². The number of hydrogen-bond donors (Lipinski definition) is 1. The Morgan fingerprint density at radius 3 is 2.55 bits per heavy atom. The lowest BCUT2D eigenvalue weighted by Crippen LogP contribution is -2.08. The van der Waals surface area contributed by atoms with Crippen LogP contribution in [-0.4, -0.2) is 15.6 Å². The molecular weight excluding hydrogens is 274 g/mol. The van der Waals surface area contributed by atoms with Gasteiger partial charge in [0.25, 0.3) is 0 Å². The summed E-state index contributed by atoms with van der Waals surface area (Å²) in [5.74, 6) is 0.159. The summed E-state index contributed by atoms with van der Waals surface area (Å²) in [6.45, 7) is 1.84. The van der Waals surface area contributed by atoms with E-state index in [0.29, 0.717) is 24.3 Å². The molecule has 1 heterocycles. The van der Waals surface area contributed by atoms with Crippen molar-refractivity contribution in [2.24, 2.45) is 7.05 Å². The van der Waals surface area contributed by atoms with E-state index in [0.717, 1.165) is 22.6 Å². The van der Waals surface area contributed by atoms with Crippen LogP contribution in [0.4, 0.5) is 5.69 Å². The van der Waals surface area contributed by atoms with Gasteiger partial charge in [0.2, 0.25) is 0 Å². The Kier molecular flexibility index (Phi) is 4.45. The Bertz CT molecular complexity index is 617. The van der Waals surface area contributed by atoms with Crippen molar-refractivity contribution in [1.82, 2.24) is 9.78 Å². The summed E-state index contributed by atoms with van der Waals surface area (Å²) in [7, 11) is 1.81. The number of aromatic nitrogens is 2. The minimum absolute atomic E-state index is 0.159. The Hall–Kier alpha value is -1.81. The van der Waals surface area contributed by atoms with Crippen LogP contribution in [0.1, 0.15) is 23.4 Å². The van der Waals surface area contributed by atoms with Crippen LogP contribution in [-0.2, 0) is 24.7 Å². The molecule has 2 aromatic rings. The Morgan fingerprint density at radius 1 is 1.35 bits per heavy atom. The summed E-state index contributed by atoms with van der Waals surface area (Å²) in [5, 5.41) is 4.80. The molecule has 4 nitrogen and oxygen atoms in total. The number of halogens is 1. The van der Waals surface area contributed by atoms with Crippen molar-refractivity contribution in [3.63, 3.8) is 0 Å². The second kappa shape index (κ2) is 6.09. The zero-order valence-corrected chi connectivity index (χ0v) is 12.4. The number of carbonyl (C=O) groups is 1. The SMILES string of the molecule is Cc1nn(C)c(CC(=O)CCc2ccc(N)cc2)c1Cl. The molecule has 2 N–H and O–H groups in total. The van der Waals surface area contributed by atoms with Gasteiger partial charge in [-0.15, -0.1) is 0 Å². The molecule has 0 aliphatic rings. The van der Waals surface area contributed by atoms with Crippen LogP contribution in [0, 0.1) is 6.92 Å². The first-order chi connectivity index (χ1) is 9.47. The number of nitrogens with two attached hydrogens (primary N) is 1. The van der Waals surface area contributed by atoms with Crippen LogP contribution in [0.15, 0.2) is 24.3 Å². The number of nitrogens with zero attached hydrogens (tertiary/aromatic N) is 2. The van der Waals surface area contributed by atoms with Gasteiger partial charge < -0.3 is 5.73 Å². The molecule has 0 bridgehead atoms. The van der Waals surface area contributed by atoms with Gasteiger partial charge in [-0.3, -0.25) is 9.48 Å². The number of nitrogen functional groups attached to an aromatic ring is 1. The second-order valence-electron chi connectivity index (χ2n) is 4.93. The number of ketones is 1. The molecule has 0 amide bonds. The van der Waals surface area contributed by atoms with Crippen LogP contribution < -0.4 is 5.73 Å². The minimum atomic E-state index is 0.159. The van der Waals surface area contributed by atoms with Crippen molar-refractivity contribution in [2.45, 2.75) is 26.2 Å². The van der Waals surface area contributed by atoms with E-state index in [-0.39, 0.29) is 5.78 Å². The normalized spacial score (nSPS) is 10.8. The number of Topliss-reactive ketones (excluding diaryl/α,β-unsaturated/α-hetero) is 1. The molecule has 1 aromatic carbocycles. The number of benzene rings is 1. The molecule has 0 saturated carbocycles. The van der Waals surface area contributed by atoms with E-state index in [1.54, 1.807) is 4.68 Å². The topological polar surface area (TPSA) is 60.9 Å². The lowest BCUT2D eigenvalue weighted by molar-refractivity contribution is -0.118. The molecule has 106 valence electrons. The van der Waals surface area contributed by atoms with Crippen molar-refractivity contribution in [1.29, 1.82) is 0 Å². The zero-order valence-electron chi connectivity index (χ0n) is 11.7. The summed E-state index contributed by atoms with van der Waals surface area (Å²) < 4.78 is 1.68. The summed E-state index contributed by atoms with van der Waals surface area (Å²) in [6, 6.07) is 7.59. The van der Waals surface area contributed by atoms with E-state index in [9.17, 15) is 4.79 Å². The fourth-order valence-electron chi connectivity index (χ4n) is 2.12. The van der Waals surface area contributed by atoms with E-state index in [1.165, 1.54) is 0 Å². The average molecular weight is 292 g/mol. The van der Waals surface area contributed by atoms with E-state index >= 15 is 0 Å². The molecule has 0 fully saturated rings. The maximum atomic E-state index is 12.0. The molecule has 0 saturated heterocycles. The highest BCUT2D eigenvalue weighted by Gasteiger charge is 2.14. The average Bonchev–Trinajstić information content (AvgIpc) is 2.65. The maximum absolute atomic E-state index is 12.0. The van der Waals surface area contributed by atoms with Crippen molar-refractivity contribution < 1.29 is 4.79 Å². The summed E-state index contributed by atoms with van der Waals surface area (Å²) in [6.07, 6.45) is 1.53. The number of hydrogen-bond acceptors (Lipinski definition) is 3. The van der Waals surface area contributed by atoms with Gasteiger partial charge in [0.05, 0.1) is 16.4 Å². The third kappa shape index (κ3) is 3.39. The zero-order chi connectivity index (χ0) is 14.7. The predicted octanol–water partition coefficient (Wildman–Crippen LogP) is 2.71. The molecule has 20 heavy (non-hydrogen) atoms. The molecule has 1 aromatic heterocycles. The maximum Gasteiger partial charge on any atom is 0.139 e. The molecular formula is C15H18ClN3O. The molecule has 0 unspecified atom stereocenters. The number of anilines is 1. The van der Waals surface area contributed by atoms with Crippen LogP contribution in [0.25, 0.3) is 0 Å². The van der Waals surface area contributed by atoms with Crippen molar-refractivity contribution in [3.8, 4) is 0 Å². The van der Waals surface area contributed by atoms with Crippen molar-refractivity contribution in [2.75, 3.05) is 5.73 Å². The van der Waals surface area contributed by atoms with Gasteiger partial charge in [0.1, 0.15) is 5.78 Å². The molecule has 5 heteroatoms. The summed E-state index contributed by atoms with van der Waals surface area (Å²) in [4.78, 5) is 12.0. The van der Waals surface area contributed by atoms with Crippen LogP contribution in [0.5, 0.6) is 0 Å². The highest BCUT2D eigenvalue weighted by molar-refractivity contribution is 6.32. The molecule has 0 spiro atoms. The van der Waals surface area contributed by atoms with Gasteiger partial charge in [0, 0.05) is 25.6 Å². The van der Waals surface area contributed by atoms with Crippen molar-refractivity contribution in [3.05, 3.63) is 46.2 Å². The quantitative estimate of drug-likeness (QED) is 0.862. The first-order valence-corrected chi connectivity index (χ1v) is 6.89. The number of carbonyl (C=O) groups excluding carboxylic acids is 1. The van der Waals surface area contributed by atoms with E-state index in [4.69, 9.17) is 17.3 Å². The second-order valence-corrected chi connectivity index (χ2v) is 5.30. The highest BCUT2D eigenvalue weighted by atomic mass is 35.5. The molecule has 0 aliphatic carbocycles. The monoisotopic (exact) mass is 291 g/mol. The Labute approximate surface area is 123 Å². The largest absolute Gasteiger partial charge is 0.399 e. The standard InChI is InChI=1S/C15H18ClN3O/c1-10-15(16)14(19(2)18-10)9-13(20)8-5-11-3-6-12(17)7-4-11/h3-4,6-7H,5,8-9,17H2,1-2H3. The number of rotatable bonds is 5. The van der Waals surface area contributed by atoms with E-state index < -0.39 is 0 Å². The van der Waals surface area contributed by atoms with Crippen molar-refractivity contribution >= 4 is 23.1 Å². The first-order valence-electron chi connectivity index (χ1n) is 6.51. The predicted molar refractivity (Wildman–Crippen MR) is 80.8 cm³/mol. The number of aryl methyl sites for hydroxylation is 3. The summed E-state index contributed by atoms with van der Waals surface area (Å²) >= 11 is 6.14. The molecule has 0 radical (unpaired) electrons. The van der Waals surface area contributed by atoms with Crippen LogP contribution in [0.3, 0.4) is 0 Å². The molecule has 0 aliphatic heterocycles. The first kappa shape index (κ1) is 14.6. The third-order valence-corrected chi connectivity index (χ3v) is 3.79. The van der Waals surface area contributed by atoms with Gasteiger partial charge in [-0.1, -0.05) is 23.7 Å². The summed E-state index contributed by atoms with van der Waals surface area (Å²) in [5.41, 5.74) is 9.02. The Morgan fingerprint density at radius 2 is 2.00 bits per heavy atom. The van der Waals surface area contributed by atoms with E-state index in [1.807, 2.05) is 38.2 Å². The fourth-order valence-corrected chi connectivity index (χ4v) is 2.34. The van der Waals surface area contributed by atoms with Gasteiger partial charge in [-0.2, -0.15) is 5.10 Å². The van der Waals surface area contributed by atoms with Gasteiger partial charge in [-0.05, 0) is 31.0 Å². The van der Waals surface area contributed by atoms with Gasteiger partial charge in [0.15, 0.2) is 0 Å². The minimum Gasteiger partial charge on any atom is -0.399 e. The molecule has 2 rings (SSSR count). The van der Waals surface area contributed by atoms with Crippen LogP contribution >= 0.6 is 11.6 Å². The third-order valence-electron chi connectivity index (χ3n) is 3.30. The Balaban J connectivity index is 1.94. The lowest BCUT2D eigenvalue weighted by Gasteiger charge is -2.04.